The fraction of sp³-hybridized carbons (Fsp3) is 0.0714. The second kappa shape index (κ2) is 6.25. The highest BCUT2D eigenvalue weighted by Crippen LogP contribution is 2.22. The maximum atomic E-state index is 13.5. The quantitative estimate of drug-likeness (QED) is 0.926. The fourth-order valence-electron chi connectivity index (χ4n) is 1.79. The van der Waals surface area contributed by atoms with E-state index in [0.29, 0.717) is 4.90 Å². The molecule has 0 aromatic heterocycles. The van der Waals surface area contributed by atoms with Crippen LogP contribution in [-0.2, 0) is 20.8 Å². The van der Waals surface area contributed by atoms with Crippen LogP contribution in [0.3, 0.4) is 0 Å². The molecule has 0 bridgehead atoms. The third kappa shape index (κ3) is 3.32. The van der Waals surface area contributed by atoms with Crippen molar-refractivity contribution in [1.82, 2.24) is 0 Å². The third-order valence-corrected chi connectivity index (χ3v) is 5.14. The maximum Gasteiger partial charge on any atom is 0.263 e. The Balaban J connectivity index is 2.45. The molecule has 0 saturated carbocycles. The van der Waals surface area contributed by atoms with Crippen molar-refractivity contribution in [2.75, 3.05) is 11.0 Å². The van der Waals surface area contributed by atoms with Crippen LogP contribution in [-0.4, -0.2) is 18.9 Å². The Bertz CT molecular complexity index is 889. The van der Waals surface area contributed by atoms with Gasteiger partial charge in [-0.15, -0.1) is 0 Å². The molecule has 2 aromatic carbocycles. The summed E-state index contributed by atoms with van der Waals surface area (Å²) < 4.78 is 51.8. The number of nitriles is 1. The van der Waals surface area contributed by atoms with Crippen molar-refractivity contribution in [2.24, 2.45) is 0 Å². The van der Waals surface area contributed by atoms with Crippen LogP contribution in [0.5, 0.6) is 0 Å². The van der Waals surface area contributed by atoms with Gasteiger partial charge in [0.05, 0.1) is 5.69 Å². The summed E-state index contributed by atoms with van der Waals surface area (Å²) in [6.07, 6.45) is 1.47. The van der Waals surface area contributed by atoms with E-state index < -0.39 is 37.1 Å². The molecule has 0 radical (unpaired) electrons. The van der Waals surface area contributed by atoms with Gasteiger partial charge in [-0.05, 0) is 30.3 Å². The first-order chi connectivity index (χ1) is 10.3. The monoisotopic (exact) mass is 338 g/mol. The minimum atomic E-state index is -4.13. The van der Waals surface area contributed by atoms with Crippen LogP contribution in [0.25, 0.3) is 0 Å². The van der Waals surface area contributed by atoms with E-state index >= 15 is 0 Å². The van der Waals surface area contributed by atoms with Crippen molar-refractivity contribution in [2.45, 2.75) is 9.79 Å². The molecule has 0 amide bonds. The summed E-state index contributed by atoms with van der Waals surface area (Å²) in [6.45, 7) is 0. The first kappa shape index (κ1) is 16.1. The topological polar surface area (TPSA) is 87.0 Å². The standard InChI is InChI=1S/C14H11FN2O3S2/c1-21(18)11-5-2-4-10(8-11)17-22(19,20)14-7-3-6-13(15)12(14)9-16/h2-8,17H,1H3/t21-/m1/s1. The molecule has 5 nitrogen and oxygen atoms in total. The lowest BCUT2D eigenvalue weighted by Crippen LogP contribution is -2.15. The molecule has 114 valence electrons. The lowest BCUT2D eigenvalue weighted by Gasteiger charge is -2.10. The zero-order valence-corrected chi connectivity index (χ0v) is 13.0. The van der Waals surface area contributed by atoms with Gasteiger partial charge in [-0.1, -0.05) is 12.1 Å². The van der Waals surface area contributed by atoms with Crippen LogP contribution in [0.2, 0.25) is 0 Å². The van der Waals surface area contributed by atoms with Gasteiger partial charge in [0, 0.05) is 22.0 Å². The summed E-state index contributed by atoms with van der Waals surface area (Å²) in [6, 6.07) is 10.9. The number of nitrogens with zero attached hydrogens (tertiary/aromatic N) is 1. The van der Waals surface area contributed by atoms with Crippen LogP contribution >= 0.6 is 0 Å². The first-order valence-electron chi connectivity index (χ1n) is 6.00. The number of sulfonamides is 1. The lowest BCUT2D eigenvalue weighted by atomic mass is 10.2. The zero-order valence-electron chi connectivity index (χ0n) is 11.4. The van der Waals surface area contributed by atoms with Gasteiger partial charge in [0.15, 0.2) is 0 Å². The molecule has 0 unspecified atom stereocenters. The van der Waals surface area contributed by atoms with E-state index in [1.54, 1.807) is 18.2 Å². The van der Waals surface area contributed by atoms with E-state index in [1.807, 2.05) is 0 Å². The number of nitrogens with one attached hydrogen (secondary N) is 1. The summed E-state index contributed by atoms with van der Waals surface area (Å²) in [7, 11) is -5.40. The van der Waals surface area contributed by atoms with E-state index in [4.69, 9.17) is 5.26 Å². The van der Waals surface area contributed by atoms with E-state index in [0.717, 1.165) is 12.1 Å². The molecule has 22 heavy (non-hydrogen) atoms. The van der Waals surface area contributed by atoms with E-state index in [2.05, 4.69) is 4.72 Å². The summed E-state index contributed by atoms with van der Waals surface area (Å²) in [5.74, 6) is -0.909. The Labute approximate surface area is 129 Å². The van der Waals surface area contributed by atoms with Crippen molar-refractivity contribution in [1.29, 1.82) is 5.26 Å². The molecular weight excluding hydrogens is 327 g/mol. The number of hydrogen-bond acceptors (Lipinski definition) is 4. The van der Waals surface area contributed by atoms with Gasteiger partial charge in [-0.25, -0.2) is 12.8 Å². The van der Waals surface area contributed by atoms with Gasteiger partial charge in [0.25, 0.3) is 10.0 Å². The smallest absolute Gasteiger partial charge is 0.263 e. The molecule has 1 atom stereocenters. The van der Waals surface area contributed by atoms with Gasteiger partial charge < -0.3 is 0 Å². The second-order valence-corrected chi connectivity index (χ2v) is 7.34. The highest BCUT2D eigenvalue weighted by Gasteiger charge is 2.21. The summed E-state index contributed by atoms with van der Waals surface area (Å²) in [5.41, 5.74) is -0.369. The highest BCUT2D eigenvalue weighted by molar-refractivity contribution is 7.92. The van der Waals surface area contributed by atoms with Gasteiger partial charge in [0.2, 0.25) is 0 Å². The van der Waals surface area contributed by atoms with Crippen LogP contribution in [0, 0.1) is 17.1 Å². The Hall–Kier alpha value is -2.24. The Morgan fingerprint density at radius 1 is 1.23 bits per heavy atom. The largest absolute Gasteiger partial charge is 0.280 e. The molecule has 0 spiro atoms. The second-order valence-electron chi connectivity index (χ2n) is 4.31. The molecule has 8 heteroatoms. The van der Waals surface area contributed by atoms with Gasteiger partial charge in [0.1, 0.15) is 22.3 Å². The number of halogens is 1. The third-order valence-electron chi connectivity index (χ3n) is 2.79. The minimum absolute atomic E-state index is 0.181. The molecule has 1 N–H and O–H groups in total. The van der Waals surface area contributed by atoms with Crippen LogP contribution in [0.15, 0.2) is 52.3 Å². The summed E-state index contributed by atoms with van der Waals surface area (Å²) in [4.78, 5) is -0.00188. The highest BCUT2D eigenvalue weighted by atomic mass is 32.2. The Morgan fingerprint density at radius 3 is 2.55 bits per heavy atom. The first-order valence-corrected chi connectivity index (χ1v) is 9.04. The Morgan fingerprint density at radius 2 is 1.91 bits per heavy atom. The molecular formula is C14H11FN2O3S2. The van der Waals surface area contributed by atoms with Crippen LogP contribution < -0.4 is 4.72 Å². The van der Waals surface area contributed by atoms with Crippen LogP contribution in [0.1, 0.15) is 5.56 Å². The number of hydrogen-bond donors (Lipinski definition) is 1. The number of benzene rings is 2. The van der Waals surface area contributed by atoms with Gasteiger partial charge in [-0.2, -0.15) is 5.26 Å². The minimum Gasteiger partial charge on any atom is -0.280 e. The molecule has 2 aromatic rings. The normalized spacial score (nSPS) is 12.4. The lowest BCUT2D eigenvalue weighted by molar-refractivity contribution is 0.593. The Kier molecular flexibility index (Phi) is 4.59. The van der Waals surface area contributed by atoms with Gasteiger partial charge >= 0.3 is 0 Å². The maximum absolute atomic E-state index is 13.5. The fourth-order valence-corrected chi connectivity index (χ4v) is 3.57. The average Bonchev–Trinajstić information content (AvgIpc) is 2.46. The molecule has 2 rings (SSSR count). The number of anilines is 1. The molecule has 0 aliphatic rings. The van der Waals surface area contributed by atoms with Crippen molar-refractivity contribution < 1.29 is 17.0 Å². The average molecular weight is 338 g/mol. The van der Waals surface area contributed by atoms with Crippen LogP contribution in [0.4, 0.5) is 10.1 Å². The summed E-state index contributed by atoms with van der Waals surface area (Å²) >= 11 is 0. The SMILES string of the molecule is C[S@@](=O)c1cccc(NS(=O)(=O)c2cccc(F)c2C#N)c1. The van der Waals surface area contributed by atoms with E-state index in [-0.39, 0.29) is 5.69 Å². The van der Waals surface area contributed by atoms with Crippen molar-refractivity contribution in [3.05, 3.63) is 53.8 Å². The predicted molar refractivity (Wildman–Crippen MR) is 80.7 cm³/mol. The van der Waals surface area contributed by atoms with Crippen molar-refractivity contribution in [3.8, 4) is 6.07 Å². The van der Waals surface area contributed by atoms with Gasteiger partial charge in [-0.3, -0.25) is 8.93 Å². The molecule has 0 saturated heterocycles. The summed E-state index contributed by atoms with van der Waals surface area (Å²) in [5, 5.41) is 8.92. The predicted octanol–water partition coefficient (Wildman–Crippen LogP) is 2.24. The zero-order chi connectivity index (χ0) is 16.3. The molecule has 0 fully saturated rings. The number of rotatable bonds is 4. The van der Waals surface area contributed by atoms with E-state index in [9.17, 15) is 17.0 Å². The van der Waals surface area contributed by atoms with E-state index in [1.165, 1.54) is 24.5 Å². The molecule has 0 aliphatic carbocycles. The van der Waals surface area contributed by atoms with Crippen molar-refractivity contribution in [3.63, 3.8) is 0 Å². The van der Waals surface area contributed by atoms with Crippen molar-refractivity contribution >= 4 is 26.5 Å². The molecule has 0 aliphatic heterocycles. The molecule has 0 heterocycles.